The molecule has 0 rings (SSSR count). The summed E-state index contributed by atoms with van der Waals surface area (Å²) in [5, 5.41) is 0. The quantitative estimate of drug-likeness (QED) is 0.452. The Morgan fingerprint density at radius 2 is 1.00 bits per heavy atom. The third-order valence-electron chi connectivity index (χ3n) is 0. The molecule has 0 fully saturated rings. The van der Waals surface area contributed by atoms with Gasteiger partial charge in [0.05, 0.1) is 0 Å². The van der Waals surface area contributed by atoms with Crippen LogP contribution in [-0.4, -0.2) is 36.2 Å². The molecule has 0 aliphatic heterocycles. The van der Waals surface area contributed by atoms with Gasteiger partial charge in [0.1, 0.15) is 0 Å². The van der Waals surface area contributed by atoms with Crippen LogP contribution in [-0.2, 0) is 67.4 Å². The van der Waals surface area contributed by atoms with Gasteiger partial charge in [-0.15, -0.1) is 0 Å². The average molecular weight is 266 g/mol. The maximum atomic E-state index is 0. The Kier molecular flexibility index (Phi) is 425. The van der Waals surface area contributed by atoms with E-state index in [1.54, 1.807) is 0 Å². The summed E-state index contributed by atoms with van der Waals surface area (Å²) in [6.45, 7) is 0. The molecule has 0 bridgehead atoms. The van der Waals surface area contributed by atoms with Crippen LogP contribution in [0, 0.1) is 0 Å². The van der Waals surface area contributed by atoms with Crippen LogP contribution in [0.15, 0.2) is 0 Å². The minimum absolute atomic E-state index is 0. The molecule has 0 N–H and O–H groups in total. The molecule has 0 heterocycles. The van der Waals surface area contributed by atoms with Crippen molar-refractivity contribution in [3.05, 3.63) is 0 Å². The van der Waals surface area contributed by atoms with Gasteiger partial charge in [0, 0.05) is 67.4 Å². The van der Waals surface area contributed by atoms with Gasteiger partial charge < -0.3 is 0 Å². The number of hydrogen-bond acceptors (Lipinski definition) is 0. The number of rotatable bonds is 0. The fraction of sp³-hybridized carbons (Fsp3) is 0. The second-order valence-electron chi connectivity index (χ2n) is 0. The van der Waals surface area contributed by atoms with Crippen molar-refractivity contribution in [2.75, 3.05) is 0 Å². The van der Waals surface area contributed by atoms with Gasteiger partial charge in [-0.25, -0.2) is 0 Å². The predicted molar refractivity (Wildman–Crippen MR) is 17.1 cm³/mol. The van der Waals surface area contributed by atoms with Crippen molar-refractivity contribution in [3.8, 4) is 0 Å². The molecule has 0 unspecified atom stereocenters. The molecule has 0 nitrogen and oxygen atoms in total. The Bertz CT molecular complexity index is 15.5. The maximum absolute atomic E-state index is 0. The second kappa shape index (κ2) is 41.8. The zero-order valence-electron chi connectivity index (χ0n) is 1.38. The first-order chi connectivity index (χ1) is 0. The maximum Gasteiger partial charge on any atom is 0 e. The van der Waals surface area contributed by atoms with Crippen molar-refractivity contribution in [2.24, 2.45) is 0 Å². The van der Waals surface area contributed by atoms with Crippen LogP contribution in [0.25, 0.3) is 0 Å². The van der Waals surface area contributed by atoms with Crippen molar-refractivity contribution in [3.63, 3.8) is 0 Å². The molecule has 0 aliphatic carbocycles. The molecule has 0 atom stereocenters. The van der Waals surface area contributed by atoms with Crippen molar-refractivity contribution in [2.45, 2.75) is 0 Å². The molecule has 6 heteroatoms. The van der Waals surface area contributed by atoms with Crippen LogP contribution >= 0.6 is 0 Å². The summed E-state index contributed by atoms with van der Waals surface area (Å²) in [6, 6.07) is 0. The fourth-order valence-corrected chi connectivity index (χ4v) is 0. The van der Waals surface area contributed by atoms with Crippen molar-refractivity contribution in [1.82, 2.24) is 0 Å². The first kappa shape index (κ1) is 60.9. The standard InChI is InChI=1S/Al.Co.Fe.Li.Mn.Ni.4H. The SMILES string of the molecule is [AlH3].[Co].[Fe].[LiH].[Mn].[Ni]. The molecule has 0 aromatic heterocycles. The summed E-state index contributed by atoms with van der Waals surface area (Å²) in [7, 11) is 0. The van der Waals surface area contributed by atoms with Crippen LogP contribution in [0.5, 0.6) is 0 Å². The Hall–Kier alpha value is 3.17. The van der Waals surface area contributed by atoms with E-state index in [1.165, 1.54) is 0 Å². The third-order valence-corrected chi connectivity index (χ3v) is 0. The van der Waals surface area contributed by atoms with E-state index in [0.717, 1.165) is 0 Å². The molecule has 42 valence electrons. The van der Waals surface area contributed by atoms with Gasteiger partial charge >= 0.3 is 18.9 Å². The van der Waals surface area contributed by atoms with Crippen LogP contribution < -0.4 is 0 Å². The zero-order chi connectivity index (χ0) is 0. The van der Waals surface area contributed by atoms with Crippen LogP contribution in [0.4, 0.5) is 0 Å². The molecule has 0 saturated carbocycles. The first-order valence-corrected chi connectivity index (χ1v) is 0. The van der Waals surface area contributed by atoms with Gasteiger partial charge in [0.2, 0.25) is 0 Å². The van der Waals surface area contributed by atoms with Gasteiger partial charge in [0.25, 0.3) is 0 Å². The summed E-state index contributed by atoms with van der Waals surface area (Å²) in [5.74, 6) is 0. The molecule has 0 amide bonds. The Morgan fingerprint density at radius 1 is 1.00 bits per heavy atom. The zero-order valence-corrected chi connectivity index (χ0v) is 5.69. The molecule has 2 radical (unpaired) electrons. The van der Waals surface area contributed by atoms with Gasteiger partial charge in [-0.2, -0.15) is 0 Å². The van der Waals surface area contributed by atoms with E-state index in [-0.39, 0.29) is 104 Å². The predicted octanol–water partition coefficient (Wildman–Crippen LogP) is -1.84. The molecule has 0 aromatic carbocycles. The van der Waals surface area contributed by atoms with Gasteiger partial charge in [-0.3, -0.25) is 0 Å². The fourth-order valence-electron chi connectivity index (χ4n) is 0. The molecular weight excluding hydrogens is 262 g/mol. The van der Waals surface area contributed by atoms with E-state index in [0.29, 0.717) is 0 Å². The molecule has 0 spiro atoms. The summed E-state index contributed by atoms with van der Waals surface area (Å²) in [6.07, 6.45) is 0. The van der Waals surface area contributed by atoms with Crippen molar-refractivity contribution >= 4 is 36.2 Å². The van der Waals surface area contributed by atoms with E-state index in [9.17, 15) is 0 Å². The summed E-state index contributed by atoms with van der Waals surface area (Å²) < 4.78 is 0. The Balaban J connectivity index is 0. The number of hydrogen-bond donors (Lipinski definition) is 0. The smallest absolute Gasteiger partial charge is 0 e. The van der Waals surface area contributed by atoms with Crippen molar-refractivity contribution < 1.29 is 67.4 Å². The van der Waals surface area contributed by atoms with Gasteiger partial charge in [0.15, 0.2) is 17.4 Å². The third kappa shape index (κ3) is 27.2. The summed E-state index contributed by atoms with van der Waals surface area (Å²) in [5.41, 5.74) is 0. The molecule has 0 aromatic rings. The van der Waals surface area contributed by atoms with Crippen LogP contribution in [0.1, 0.15) is 0 Å². The van der Waals surface area contributed by atoms with Gasteiger partial charge in [-0.1, -0.05) is 0 Å². The minimum Gasteiger partial charge on any atom is 0 e. The summed E-state index contributed by atoms with van der Waals surface area (Å²) >= 11 is 0. The monoisotopic (exact) mass is 266 g/mol. The van der Waals surface area contributed by atoms with Gasteiger partial charge in [-0.05, 0) is 0 Å². The van der Waals surface area contributed by atoms with E-state index < -0.39 is 0 Å². The Labute approximate surface area is 102 Å². The van der Waals surface area contributed by atoms with Crippen LogP contribution in [0.2, 0.25) is 0 Å². The van der Waals surface area contributed by atoms with Crippen LogP contribution in [0.3, 0.4) is 0 Å². The molecule has 0 aliphatic rings. The van der Waals surface area contributed by atoms with E-state index >= 15 is 0 Å². The second-order valence-corrected chi connectivity index (χ2v) is 0. The normalized spacial score (nSPS) is 0. The molecule has 6 heavy (non-hydrogen) atoms. The molecular formula is H4AlCoFeLiMnNi. The first-order valence-electron chi connectivity index (χ1n) is 0. The van der Waals surface area contributed by atoms with Crippen molar-refractivity contribution in [1.29, 1.82) is 0 Å². The van der Waals surface area contributed by atoms with E-state index in [1.807, 2.05) is 0 Å². The summed E-state index contributed by atoms with van der Waals surface area (Å²) in [4.78, 5) is 0. The largest absolute Gasteiger partial charge is 0 e. The van der Waals surface area contributed by atoms with E-state index in [2.05, 4.69) is 0 Å². The topological polar surface area (TPSA) is 0 Å². The minimum atomic E-state index is 0. The van der Waals surface area contributed by atoms with E-state index in [4.69, 9.17) is 0 Å². The average Bonchev–Trinajstić information content (AvgIpc) is 0. The Morgan fingerprint density at radius 3 is 1.00 bits per heavy atom. The molecule has 0 saturated heterocycles.